The van der Waals surface area contributed by atoms with E-state index in [1.54, 1.807) is 23.4 Å². The minimum absolute atomic E-state index is 0.0997. The molecule has 18 heavy (non-hydrogen) atoms. The summed E-state index contributed by atoms with van der Waals surface area (Å²) in [6.07, 6.45) is 2.72. The Hall–Kier alpha value is -1.68. The number of nitrogens with zero attached hydrogens (tertiary/aromatic N) is 1. The zero-order valence-electron chi connectivity index (χ0n) is 10.1. The summed E-state index contributed by atoms with van der Waals surface area (Å²) in [5.41, 5.74) is 1.92. The molecule has 1 aromatic carbocycles. The molecule has 1 aromatic heterocycles. The molecule has 0 radical (unpaired) electrons. The number of hydrogen-bond acceptors (Lipinski definition) is 3. The SMILES string of the molecule is COc1ccc(-n2ccc3c(c2=O)CCS3)cc1. The summed E-state index contributed by atoms with van der Waals surface area (Å²) in [6, 6.07) is 9.55. The van der Waals surface area contributed by atoms with Gasteiger partial charge in [-0.3, -0.25) is 9.36 Å². The van der Waals surface area contributed by atoms with Crippen molar-refractivity contribution in [1.82, 2.24) is 4.57 Å². The summed E-state index contributed by atoms with van der Waals surface area (Å²) >= 11 is 1.76. The van der Waals surface area contributed by atoms with Crippen molar-refractivity contribution in [2.75, 3.05) is 12.9 Å². The van der Waals surface area contributed by atoms with Crippen LogP contribution in [-0.4, -0.2) is 17.4 Å². The Balaban J connectivity index is 2.09. The summed E-state index contributed by atoms with van der Waals surface area (Å²) in [6.45, 7) is 0. The van der Waals surface area contributed by atoms with Gasteiger partial charge in [0.15, 0.2) is 0 Å². The number of pyridine rings is 1. The van der Waals surface area contributed by atoms with Gasteiger partial charge in [0.2, 0.25) is 0 Å². The van der Waals surface area contributed by atoms with Crippen molar-refractivity contribution in [3.05, 3.63) is 52.4 Å². The standard InChI is InChI=1S/C14H13NO2S/c1-17-11-4-2-10(3-5-11)15-8-6-13-12(14(15)16)7-9-18-13/h2-6,8H,7,9H2,1H3. The molecule has 1 aliphatic rings. The molecule has 92 valence electrons. The summed E-state index contributed by atoms with van der Waals surface area (Å²) < 4.78 is 6.82. The van der Waals surface area contributed by atoms with Crippen molar-refractivity contribution in [3.63, 3.8) is 0 Å². The lowest BCUT2D eigenvalue weighted by molar-refractivity contribution is 0.414. The van der Waals surface area contributed by atoms with Crippen LogP contribution in [0.4, 0.5) is 0 Å². The summed E-state index contributed by atoms with van der Waals surface area (Å²) in [7, 11) is 1.63. The molecular weight excluding hydrogens is 246 g/mol. The predicted molar refractivity (Wildman–Crippen MR) is 73.0 cm³/mol. The van der Waals surface area contributed by atoms with Gasteiger partial charge in [-0.15, -0.1) is 11.8 Å². The van der Waals surface area contributed by atoms with Gasteiger partial charge in [-0.05, 0) is 36.8 Å². The van der Waals surface area contributed by atoms with Gasteiger partial charge < -0.3 is 4.74 Å². The fourth-order valence-corrected chi connectivity index (χ4v) is 3.18. The van der Waals surface area contributed by atoms with Crippen molar-refractivity contribution in [2.24, 2.45) is 0 Å². The number of benzene rings is 1. The fourth-order valence-electron chi connectivity index (χ4n) is 2.14. The van der Waals surface area contributed by atoms with Crippen LogP contribution in [-0.2, 0) is 6.42 Å². The number of hydrogen-bond donors (Lipinski definition) is 0. The number of rotatable bonds is 2. The van der Waals surface area contributed by atoms with E-state index in [1.807, 2.05) is 36.5 Å². The molecule has 3 rings (SSSR count). The van der Waals surface area contributed by atoms with Crippen LogP contribution in [0.3, 0.4) is 0 Å². The van der Waals surface area contributed by atoms with E-state index in [4.69, 9.17) is 4.74 Å². The Kier molecular flexibility index (Phi) is 2.88. The largest absolute Gasteiger partial charge is 0.497 e. The molecule has 0 bridgehead atoms. The maximum absolute atomic E-state index is 12.3. The van der Waals surface area contributed by atoms with Crippen molar-refractivity contribution in [1.29, 1.82) is 0 Å². The second kappa shape index (κ2) is 4.53. The molecule has 0 amide bonds. The first kappa shape index (κ1) is 11.4. The Morgan fingerprint density at radius 3 is 2.72 bits per heavy atom. The normalized spacial score (nSPS) is 13.4. The monoisotopic (exact) mass is 259 g/mol. The summed E-state index contributed by atoms with van der Waals surface area (Å²) in [5.74, 6) is 1.81. The van der Waals surface area contributed by atoms with Gasteiger partial charge in [-0.2, -0.15) is 0 Å². The first-order chi connectivity index (χ1) is 8.79. The molecule has 4 heteroatoms. The highest BCUT2D eigenvalue weighted by molar-refractivity contribution is 7.99. The summed E-state index contributed by atoms with van der Waals surface area (Å²) in [5, 5.41) is 0. The van der Waals surface area contributed by atoms with Crippen LogP contribution in [0.2, 0.25) is 0 Å². The first-order valence-electron chi connectivity index (χ1n) is 5.81. The number of fused-ring (bicyclic) bond motifs is 1. The van der Waals surface area contributed by atoms with E-state index in [0.717, 1.165) is 34.1 Å². The Morgan fingerprint density at radius 1 is 1.22 bits per heavy atom. The quantitative estimate of drug-likeness (QED) is 0.830. The van der Waals surface area contributed by atoms with Crippen LogP contribution in [0.1, 0.15) is 5.56 Å². The van der Waals surface area contributed by atoms with E-state index in [-0.39, 0.29) is 5.56 Å². The highest BCUT2D eigenvalue weighted by Gasteiger charge is 2.16. The molecule has 0 saturated carbocycles. The lowest BCUT2D eigenvalue weighted by Gasteiger charge is -2.08. The van der Waals surface area contributed by atoms with Gasteiger partial charge in [0, 0.05) is 28.1 Å². The van der Waals surface area contributed by atoms with E-state index in [1.165, 1.54) is 0 Å². The number of aromatic nitrogens is 1. The third kappa shape index (κ3) is 1.82. The molecule has 3 nitrogen and oxygen atoms in total. The number of ether oxygens (including phenoxy) is 1. The van der Waals surface area contributed by atoms with Crippen LogP contribution < -0.4 is 10.3 Å². The van der Waals surface area contributed by atoms with Crippen molar-refractivity contribution >= 4 is 11.8 Å². The second-order valence-corrected chi connectivity index (χ2v) is 5.27. The Bertz CT molecular complexity index is 631. The Morgan fingerprint density at radius 2 is 2.00 bits per heavy atom. The zero-order valence-corrected chi connectivity index (χ0v) is 10.9. The van der Waals surface area contributed by atoms with E-state index < -0.39 is 0 Å². The van der Waals surface area contributed by atoms with Gasteiger partial charge in [-0.25, -0.2) is 0 Å². The third-order valence-corrected chi connectivity index (χ3v) is 4.21. The third-order valence-electron chi connectivity index (χ3n) is 3.11. The molecule has 0 unspecified atom stereocenters. The van der Waals surface area contributed by atoms with Crippen LogP contribution in [0.5, 0.6) is 5.75 Å². The van der Waals surface area contributed by atoms with E-state index in [0.29, 0.717) is 0 Å². The lowest BCUT2D eigenvalue weighted by atomic mass is 10.2. The molecule has 0 aliphatic carbocycles. The fraction of sp³-hybridized carbons (Fsp3) is 0.214. The van der Waals surface area contributed by atoms with Gasteiger partial charge in [0.25, 0.3) is 5.56 Å². The number of thioether (sulfide) groups is 1. The van der Waals surface area contributed by atoms with E-state index in [2.05, 4.69) is 0 Å². The molecule has 0 N–H and O–H groups in total. The molecule has 0 saturated heterocycles. The maximum atomic E-state index is 12.3. The smallest absolute Gasteiger partial charge is 0.259 e. The van der Waals surface area contributed by atoms with E-state index >= 15 is 0 Å². The van der Waals surface area contributed by atoms with Crippen molar-refractivity contribution in [2.45, 2.75) is 11.3 Å². The Labute approximate surface area is 109 Å². The van der Waals surface area contributed by atoms with Gasteiger partial charge in [0.1, 0.15) is 5.75 Å². The number of methoxy groups -OCH3 is 1. The zero-order chi connectivity index (χ0) is 12.5. The second-order valence-electron chi connectivity index (χ2n) is 4.13. The molecule has 0 fully saturated rings. The summed E-state index contributed by atoms with van der Waals surface area (Å²) in [4.78, 5) is 13.5. The average molecular weight is 259 g/mol. The molecule has 0 atom stereocenters. The predicted octanol–water partition coefficient (Wildman–Crippen LogP) is 2.49. The van der Waals surface area contributed by atoms with Crippen LogP contribution in [0.15, 0.2) is 46.2 Å². The molecular formula is C14H13NO2S. The molecule has 1 aliphatic heterocycles. The molecule has 2 aromatic rings. The van der Waals surface area contributed by atoms with E-state index in [9.17, 15) is 4.79 Å². The van der Waals surface area contributed by atoms with Crippen LogP contribution in [0.25, 0.3) is 5.69 Å². The van der Waals surface area contributed by atoms with Crippen LogP contribution in [0, 0.1) is 0 Å². The minimum atomic E-state index is 0.0997. The highest BCUT2D eigenvalue weighted by Crippen LogP contribution is 2.28. The van der Waals surface area contributed by atoms with Gasteiger partial charge in [-0.1, -0.05) is 0 Å². The minimum Gasteiger partial charge on any atom is -0.497 e. The average Bonchev–Trinajstić information content (AvgIpc) is 2.89. The topological polar surface area (TPSA) is 31.2 Å². The van der Waals surface area contributed by atoms with Gasteiger partial charge >= 0.3 is 0 Å². The van der Waals surface area contributed by atoms with Gasteiger partial charge in [0.05, 0.1) is 7.11 Å². The molecule has 2 heterocycles. The maximum Gasteiger partial charge on any atom is 0.259 e. The lowest BCUT2D eigenvalue weighted by Crippen LogP contribution is -2.21. The molecule has 0 spiro atoms. The van der Waals surface area contributed by atoms with Crippen molar-refractivity contribution < 1.29 is 4.74 Å². The van der Waals surface area contributed by atoms with Crippen LogP contribution >= 0.6 is 11.8 Å². The highest BCUT2D eigenvalue weighted by atomic mass is 32.2. The van der Waals surface area contributed by atoms with Crippen molar-refractivity contribution in [3.8, 4) is 11.4 Å². The first-order valence-corrected chi connectivity index (χ1v) is 6.80.